The number of rotatable bonds is 6. The van der Waals surface area contributed by atoms with Crippen molar-refractivity contribution in [3.8, 4) is 0 Å². The van der Waals surface area contributed by atoms with Crippen LogP contribution in [0.3, 0.4) is 0 Å². The molecule has 4 rings (SSSR count). The average molecular weight is 382 g/mol. The van der Waals surface area contributed by atoms with Gasteiger partial charge < -0.3 is 15.2 Å². The molecule has 0 radical (unpaired) electrons. The number of carbonyl (C=O) groups excluding carboxylic acids is 1. The molecule has 0 unspecified atom stereocenters. The number of hydrogen-bond acceptors (Lipinski definition) is 4. The van der Waals surface area contributed by atoms with Crippen LogP contribution in [0.4, 0.5) is 0 Å². The van der Waals surface area contributed by atoms with Crippen LogP contribution in [0, 0.1) is 0 Å². The molecule has 1 fully saturated rings. The van der Waals surface area contributed by atoms with Gasteiger partial charge in [0.25, 0.3) is 0 Å². The van der Waals surface area contributed by atoms with E-state index in [9.17, 15) is 9.59 Å². The van der Waals surface area contributed by atoms with E-state index in [1.807, 2.05) is 36.4 Å². The normalized spacial score (nSPS) is 15.9. The van der Waals surface area contributed by atoms with E-state index in [-0.39, 0.29) is 16.8 Å². The molecular formula is C21H23N3O2S. The zero-order chi connectivity index (χ0) is 18.6. The van der Waals surface area contributed by atoms with Crippen LogP contribution in [0.2, 0.25) is 0 Å². The zero-order valence-corrected chi connectivity index (χ0v) is 15.9. The van der Waals surface area contributed by atoms with Gasteiger partial charge in [-0.25, -0.2) is 0 Å². The summed E-state index contributed by atoms with van der Waals surface area (Å²) in [6.45, 7) is 3.04. The number of hydrogen-bond donors (Lipinski definition) is 2. The van der Waals surface area contributed by atoms with Crippen molar-refractivity contribution in [2.75, 3.05) is 19.6 Å². The van der Waals surface area contributed by atoms with E-state index in [1.165, 1.54) is 24.2 Å². The lowest BCUT2D eigenvalue weighted by Gasteiger charge is -2.25. The number of nitrogens with zero attached hydrogens (tertiary/aromatic N) is 1. The fraction of sp³-hybridized carbons (Fsp3) is 0.333. The maximum absolute atomic E-state index is 12.7. The Hall–Kier alpha value is -2.44. The zero-order valence-electron chi connectivity index (χ0n) is 15.1. The number of aromatic amines is 1. The molecule has 27 heavy (non-hydrogen) atoms. The van der Waals surface area contributed by atoms with Gasteiger partial charge in [0.05, 0.1) is 22.7 Å². The summed E-state index contributed by atoms with van der Waals surface area (Å²) in [4.78, 5) is 29.3. The second-order valence-corrected chi connectivity index (χ2v) is 8.08. The van der Waals surface area contributed by atoms with E-state index in [4.69, 9.17) is 0 Å². The highest BCUT2D eigenvalue weighted by atomic mass is 32.1. The number of benzene rings is 2. The highest BCUT2D eigenvalue weighted by Crippen LogP contribution is 2.19. The van der Waals surface area contributed by atoms with Crippen molar-refractivity contribution in [1.82, 2.24) is 15.2 Å². The monoisotopic (exact) mass is 381 g/mol. The quantitative estimate of drug-likeness (QED) is 0.690. The van der Waals surface area contributed by atoms with Crippen LogP contribution in [0.25, 0.3) is 10.2 Å². The van der Waals surface area contributed by atoms with Gasteiger partial charge in [0, 0.05) is 6.54 Å². The molecule has 0 saturated carbocycles. The van der Waals surface area contributed by atoms with Crippen molar-refractivity contribution < 1.29 is 4.79 Å². The summed E-state index contributed by atoms with van der Waals surface area (Å²) in [7, 11) is 0. The first-order valence-electron chi connectivity index (χ1n) is 9.36. The largest absolute Gasteiger partial charge is 0.348 e. The molecule has 6 heteroatoms. The van der Waals surface area contributed by atoms with Crippen LogP contribution in [-0.2, 0) is 11.2 Å². The minimum atomic E-state index is -0.0682. The van der Waals surface area contributed by atoms with Crippen LogP contribution >= 0.6 is 11.3 Å². The van der Waals surface area contributed by atoms with Gasteiger partial charge in [0.15, 0.2) is 0 Å². The molecule has 1 saturated heterocycles. The summed E-state index contributed by atoms with van der Waals surface area (Å²) in [6, 6.07) is 15.9. The third kappa shape index (κ3) is 4.46. The second kappa shape index (κ2) is 8.06. The van der Waals surface area contributed by atoms with Gasteiger partial charge in [-0.15, -0.1) is 0 Å². The molecule has 1 amide bonds. The summed E-state index contributed by atoms with van der Waals surface area (Å²) in [5, 5.41) is 3.21. The van der Waals surface area contributed by atoms with Gasteiger partial charge in [-0.05, 0) is 49.2 Å². The van der Waals surface area contributed by atoms with Crippen LogP contribution in [0.5, 0.6) is 0 Å². The Morgan fingerprint density at radius 1 is 1.15 bits per heavy atom. The van der Waals surface area contributed by atoms with Crippen LogP contribution < -0.4 is 10.2 Å². The molecule has 0 bridgehead atoms. The van der Waals surface area contributed by atoms with E-state index in [1.54, 1.807) is 0 Å². The Morgan fingerprint density at radius 3 is 2.70 bits per heavy atom. The first kappa shape index (κ1) is 17.9. The molecule has 0 aliphatic carbocycles. The predicted molar refractivity (Wildman–Crippen MR) is 109 cm³/mol. The number of nitrogens with one attached hydrogen (secondary N) is 2. The van der Waals surface area contributed by atoms with Crippen molar-refractivity contribution in [3.63, 3.8) is 0 Å². The number of thiazole rings is 1. The molecule has 1 aliphatic rings. The summed E-state index contributed by atoms with van der Waals surface area (Å²) in [5.74, 6) is -0.0000217. The molecule has 1 aliphatic heterocycles. The average Bonchev–Trinajstić information content (AvgIpc) is 3.30. The Morgan fingerprint density at radius 2 is 1.93 bits per heavy atom. The van der Waals surface area contributed by atoms with Gasteiger partial charge in [-0.3, -0.25) is 9.59 Å². The van der Waals surface area contributed by atoms with Gasteiger partial charge in [0.1, 0.15) is 0 Å². The van der Waals surface area contributed by atoms with E-state index >= 15 is 0 Å². The summed E-state index contributed by atoms with van der Waals surface area (Å²) in [5.41, 5.74) is 2.84. The second-order valence-electron chi connectivity index (χ2n) is 7.06. The molecule has 5 nitrogen and oxygen atoms in total. The number of fused-ring (bicyclic) bond motifs is 1. The van der Waals surface area contributed by atoms with Gasteiger partial charge >= 0.3 is 4.87 Å². The fourth-order valence-electron chi connectivity index (χ4n) is 3.68. The molecule has 140 valence electrons. The Bertz CT molecular complexity index is 974. The summed E-state index contributed by atoms with van der Waals surface area (Å²) in [6.07, 6.45) is 2.76. The summed E-state index contributed by atoms with van der Waals surface area (Å²) >= 11 is 1.19. The van der Waals surface area contributed by atoms with Crippen molar-refractivity contribution in [2.24, 2.45) is 0 Å². The molecule has 2 heterocycles. The third-order valence-electron chi connectivity index (χ3n) is 5.02. The van der Waals surface area contributed by atoms with Crippen molar-refractivity contribution in [2.45, 2.75) is 25.3 Å². The molecule has 0 spiro atoms. The van der Waals surface area contributed by atoms with Gasteiger partial charge in [-0.2, -0.15) is 0 Å². The highest BCUT2D eigenvalue weighted by Gasteiger charge is 2.20. The lowest BCUT2D eigenvalue weighted by molar-refractivity contribution is -0.121. The maximum atomic E-state index is 12.7. The number of carbonyl (C=O) groups is 1. The fourth-order valence-corrected chi connectivity index (χ4v) is 4.40. The Kier molecular flexibility index (Phi) is 5.36. The third-order valence-corrected chi connectivity index (χ3v) is 5.89. The van der Waals surface area contributed by atoms with Crippen LogP contribution in [-0.4, -0.2) is 35.4 Å². The lowest BCUT2D eigenvalue weighted by atomic mass is 10.1. The predicted octanol–water partition coefficient (Wildman–Crippen LogP) is 3.09. The molecule has 1 aromatic heterocycles. The molecule has 2 aromatic carbocycles. The van der Waals surface area contributed by atoms with E-state index in [2.05, 4.69) is 27.3 Å². The van der Waals surface area contributed by atoms with Crippen LogP contribution in [0.15, 0.2) is 53.3 Å². The van der Waals surface area contributed by atoms with E-state index in [0.717, 1.165) is 41.0 Å². The lowest BCUT2D eigenvalue weighted by Crippen LogP contribution is -2.37. The maximum Gasteiger partial charge on any atom is 0.305 e. The van der Waals surface area contributed by atoms with Gasteiger partial charge in [0.2, 0.25) is 5.91 Å². The van der Waals surface area contributed by atoms with Crippen LogP contribution in [0.1, 0.15) is 30.0 Å². The van der Waals surface area contributed by atoms with Crippen molar-refractivity contribution in [3.05, 3.63) is 69.3 Å². The summed E-state index contributed by atoms with van der Waals surface area (Å²) < 4.78 is 0.917. The first-order valence-corrected chi connectivity index (χ1v) is 10.2. The van der Waals surface area contributed by atoms with Crippen molar-refractivity contribution >= 4 is 27.5 Å². The first-order chi connectivity index (χ1) is 13.2. The topological polar surface area (TPSA) is 65.2 Å². The molecule has 1 atom stereocenters. The van der Waals surface area contributed by atoms with E-state index < -0.39 is 0 Å². The van der Waals surface area contributed by atoms with E-state index in [0.29, 0.717) is 6.42 Å². The number of amides is 1. The molecule has 3 aromatic rings. The number of likely N-dealkylation sites (tertiary alicyclic amines) is 1. The molecule has 2 N–H and O–H groups in total. The number of aromatic nitrogens is 1. The minimum absolute atomic E-state index is 0.0000217. The standard InChI is InChI=1S/C21H23N3O2S/c25-20(13-15-8-9-19-17(12-15)23-21(26)27-19)22-18(14-24-10-4-5-11-24)16-6-2-1-3-7-16/h1-3,6-9,12,18H,4-5,10-11,13-14H2,(H,22,25)(H,23,26)/t18-/m0/s1. The van der Waals surface area contributed by atoms with Gasteiger partial charge in [-0.1, -0.05) is 47.7 Å². The smallest absolute Gasteiger partial charge is 0.305 e. The number of H-pyrrole nitrogens is 1. The van der Waals surface area contributed by atoms with Crippen molar-refractivity contribution in [1.29, 1.82) is 0 Å². The Balaban J connectivity index is 1.47. The minimum Gasteiger partial charge on any atom is -0.348 e. The SMILES string of the molecule is O=C(Cc1ccc2sc(=O)[nH]c2c1)N[C@@H](CN1CCCC1)c1ccccc1. The Labute approximate surface area is 162 Å². The highest BCUT2D eigenvalue weighted by molar-refractivity contribution is 7.16. The molecular weight excluding hydrogens is 358 g/mol.